The largest absolute Gasteiger partial charge is 0.305 e. The van der Waals surface area contributed by atoms with E-state index in [-0.39, 0.29) is 0 Å². The third-order valence-corrected chi connectivity index (χ3v) is 3.40. The van der Waals surface area contributed by atoms with Crippen molar-refractivity contribution in [1.82, 2.24) is 19.2 Å². The molecule has 18 heavy (non-hydrogen) atoms. The molecule has 0 N–H and O–H groups in total. The van der Waals surface area contributed by atoms with Gasteiger partial charge in [-0.05, 0) is 26.0 Å². The number of fused-ring (bicyclic) bond motifs is 1. The highest BCUT2D eigenvalue weighted by molar-refractivity contribution is 6.30. The molecule has 3 heterocycles. The van der Waals surface area contributed by atoms with Gasteiger partial charge in [0.2, 0.25) is 0 Å². The molecule has 92 valence electrons. The molecule has 0 aromatic carbocycles. The number of nitrogens with zero attached hydrogens (tertiary/aromatic N) is 4. The molecule has 0 radical (unpaired) electrons. The molecule has 0 fully saturated rings. The maximum absolute atomic E-state index is 5.98. The number of aromatic nitrogens is 4. The molecule has 0 spiro atoms. The van der Waals surface area contributed by atoms with Gasteiger partial charge in [0.15, 0.2) is 0 Å². The summed E-state index contributed by atoms with van der Waals surface area (Å²) in [4.78, 5) is 4.61. The summed E-state index contributed by atoms with van der Waals surface area (Å²) in [6, 6.07) is 3.75. The number of rotatable bonds is 1. The Morgan fingerprint density at radius 3 is 2.61 bits per heavy atom. The Balaban J connectivity index is 2.25. The molecule has 0 saturated heterocycles. The van der Waals surface area contributed by atoms with Crippen LogP contribution in [-0.2, 0) is 7.05 Å². The second kappa shape index (κ2) is 3.85. The van der Waals surface area contributed by atoms with Crippen molar-refractivity contribution in [2.75, 3.05) is 0 Å². The van der Waals surface area contributed by atoms with Gasteiger partial charge in [-0.3, -0.25) is 4.68 Å². The van der Waals surface area contributed by atoms with Crippen molar-refractivity contribution in [2.24, 2.45) is 7.05 Å². The highest BCUT2D eigenvalue weighted by Crippen LogP contribution is 2.26. The highest BCUT2D eigenvalue weighted by atomic mass is 35.5. The zero-order valence-corrected chi connectivity index (χ0v) is 11.2. The lowest BCUT2D eigenvalue weighted by molar-refractivity contribution is 0.731. The summed E-state index contributed by atoms with van der Waals surface area (Å²) in [6.07, 6.45) is 3.84. The Bertz CT molecular complexity index is 739. The Labute approximate surface area is 110 Å². The van der Waals surface area contributed by atoms with E-state index in [9.17, 15) is 0 Å². The Kier molecular flexibility index (Phi) is 2.41. The Morgan fingerprint density at radius 2 is 1.94 bits per heavy atom. The number of pyridine rings is 1. The molecule has 0 saturated carbocycles. The van der Waals surface area contributed by atoms with E-state index in [4.69, 9.17) is 11.6 Å². The number of aryl methyl sites for hydroxylation is 2. The van der Waals surface area contributed by atoms with Crippen LogP contribution in [0.25, 0.3) is 16.9 Å². The second-order valence-corrected chi connectivity index (χ2v) is 4.84. The van der Waals surface area contributed by atoms with Gasteiger partial charge in [-0.25, -0.2) is 4.98 Å². The lowest BCUT2D eigenvalue weighted by atomic mass is 10.1. The molecule has 5 heteroatoms. The van der Waals surface area contributed by atoms with Gasteiger partial charge in [0.1, 0.15) is 5.65 Å². The summed E-state index contributed by atoms with van der Waals surface area (Å²) in [5, 5.41) is 5.12. The van der Waals surface area contributed by atoms with Crippen LogP contribution >= 0.6 is 11.6 Å². The number of imidazole rings is 1. The maximum atomic E-state index is 5.98. The Hall–Kier alpha value is -1.81. The molecule has 0 amide bonds. The minimum absolute atomic E-state index is 0.700. The first-order valence-corrected chi connectivity index (χ1v) is 6.09. The fourth-order valence-corrected chi connectivity index (χ4v) is 2.40. The molecule has 3 aromatic rings. The molecule has 0 bridgehead atoms. The summed E-state index contributed by atoms with van der Waals surface area (Å²) in [5.74, 6) is 0. The maximum Gasteiger partial charge on any atom is 0.137 e. The quantitative estimate of drug-likeness (QED) is 0.674. The fourth-order valence-electron chi connectivity index (χ4n) is 2.23. The van der Waals surface area contributed by atoms with E-state index in [1.165, 1.54) is 0 Å². The van der Waals surface area contributed by atoms with E-state index in [1.54, 1.807) is 0 Å². The molecule has 0 atom stereocenters. The average molecular weight is 261 g/mol. The van der Waals surface area contributed by atoms with Gasteiger partial charge in [0, 0.05) is 30.7 Å². The number of halogens is 1. The summed E-state index contributed by atoms with van der Waals surface area (Å²) in [5.41, 5.74) is 5.02. The van der Waals surface area contributed by atoms with Gasteiger partial charge in [-0.15, -0.1) is 0 Å². The topological polar surface area (TPSA) is 35.1 Å². The average Bonchev–Trinajstić information content (AvgIpc) is 2.80. The van der Waals surface area contributed by atoms with Crippen molar-refractivity contribution in [3.05, 3.63) is 40.9 Å². The Morgan fingerprint density at radius 1 is 1.17 bits per heavy atom. The van der Waals surface area contributed by atoms with Crippen molar-refractivity contribution in [1.29, 1.82) is 0 Å². The van der Waals surface area contributed by atoms with Crippen LogP contribution in [0, 0.1) is 13.8 Å². The minimum atomic E-state index is 0.700. The van der Waals surface area contributed by atoms with E-state index in [2.05, 4.69) is 10.1 Å². The summed E-state index contributed by atoms with van der Waals surface area (Å²) < 4.78 is 3.81. The normalized spacial score (nSPS) is 11.3. The van der Waals surface area contributed by atoms with E-state index in [0.29, 0.717) is 5.02 Å². The van der Waals surface area contributed by atoms with Crippen molar-refractivity contribution in [2.45, 2.75) is 13.8 Å². The van der Waals surface area contributed by atoms with Gasteiger partial charge >= 0.3 is 0 Å². The van der Waals surface area contributed by atoms with Crippen LogP contribution in [0.15, 0.2) is 24.5 Å². The highest BCUT2D eigenvalue weighted by Gasteiger charge is 2.14. The zero-order valence-electron chi connectivity index (χ0n) is 10.5. The third-order valence-electron chi connectivity index (χ3n) is 3.18. The summed E-state index contributed by atoms with van der Waals surface area (Å²) in [6.45, 7) is 4.05. The molecule has 0 aliphatic rings. The predicted octanol–water partition coefficient (Wildman–Crippen LogP) is 3.01. The molecule has 0 aliphatic carbocycles. The third kappa shape index (κ3) is 1.61. The van der Waals surface area contributed by atoms with Crippen LogP contribution in [0.1, 0.15) is 11.4 Å². The fraction of sp³-hybridized carbons (Fsp3) is 0.231. The van der Waals surface area contributed by atoms with Crippen LogP contribution < -0.4 is 0 Å². The second-order valence-electron chi connectivity index (χ2n) is 4.41. The van der Waals surface area contributed by atoms with E-state index >= 15 is 0 Å². The van der Waals surface area contributed by atoms with Crippen LogP contribution in [0.2, 0.25) is 5.02 Å². The van der Waals surface area contributed by atoms with Gasteiger partial charge in [-0.1, -0.05) is 11.6 Å². The first-order chi connectivity index (χ1) is 8.56. The minimum Gasteiger partial charge on any atom is -0.305 e. The van der Waals surface area contributed by atoms with Crippen LogP contribution in [0.3, 0.4) is 0 Å². The molecular formula is C13H13ClN4. The lowest BCUT2D eigenvalue weighted by Gasteiger charge is -1.96. The molecule has 3 aromatic heterocycles. The van der Waals surface area contributed by atoms with Gasteiger partial charge in [-0.2, -0.15) is 5.10 Å². The van der Waals surface area contributed by atoms with E-state index in [0.717, 1.165) is 28.3 Å². The van der Waals surface area contributed by atoms with Crippen molar-refractivity contribution < 1.29 is 0 Å². The van der Waals surface area contributed by atoms with Crippen molar-refractivity contribution in [3.63, 3.8) is 0 Å². The monoisotopic (exact) mass is 260 g/mol. The van der Waals surface area contributed by atoms with Crippen molar-refractivity contribution in [3.8, 4) is 11.3 Å². The van der Waals surface area contributed by atoms with Crippen LogP contribution in [-0.4, -0.2) is 19.2 Å². The number of hydrogen-bond donors (Lipinski definition) is 0. The standard InChI is InChI=1S/C13H13ClN4/c1-8-13(9(2)17(3)16-8)11-7-18-6-10(14)4-5-12(18)15-11/h4-7H,1-3H3. The summed E-state index contributed by atoms with van der Waals surface area (Å²) >= 11 is 5.98. The van der Waals surface area contributed by atoms with Gasteiger partial charge < -0.3 is 4.40 Å². The lowest BCUT2D eigenvalue weighted by Crippen LogP contribution is -1.92. The number of hydrogen-bond acceptors (Lipinski definition) is 2. The van der Waals surface area contributed by atoms with E-state index in [1.807, 2.05) is 54.5 Å². The van der Waals surface area contributed by atoms with Crippen LogP contribution in [0.4, 0.5) is 0 Å². The molecular weight excluding hydrogens is 248 g/mol. The zero-order chi connectivity index (χ0) is 12.9. The molecule has 3 rings (SSSR count). The summed E-state index contributed by atoms with van der Waals surface area (Å²) in [7, 11) is 1.94. The molecule has 4 nitrogen and oxygen atoms in total. The van der Waals surface area contributed by atoms with Crippen molar-refractivity contribution >= 4 is 17.2 Å². The van der Waals surface area contributed by atoms with Gasteiger partial charge in [0.25, 0.3) is 0 Å². The first kappa shape index (κ1) is 11.3. The SMILES string of the molecule is Cc1nn(C)c(C)c1-c1cn2cc(Cl)ccc2n1. The smallest absolute Gasteiger partial charge is 0.137 e. The van der Waals surface area contributed by atoms with Crippen LogP contribution in [0.5, 0.6) is 0 Å². The van der Waals surface area contributed by atoms with Gasteiger partial charge in [0.05, 0.1) is 16.4 Å². The predicted molar refractivity (Wildman–Crippen MR) is 71.9 cm³/mol. The molecule has 0 unspecified atom stereocenters. The van der Waals surface area contributed by atoms with E-state index < -0.39 is 0 Å². The molecule has 0 aliphatic heterocycles. The first-order valence-electron chi connectivity index (χ1n) is 5.71.